The predicted octanol–water partition coefficient (Wildman–Crippen LogP) is 2.51. The molecule has 152 valence electrons. The number of H-pyrrole nitrogens is 1. The molecule has 1 aliphatic heterocycles. The molecule has 4 rings (SSSR count). The third-order valence-electron chi connectivity index (χ3n) is 4.90. The first-order chi connectivity index (χ1) is 13.9. The number of tetrazole rings is 1. The number of hydrogen-bond acceptors (Lipinski definition) is 6. The molecule has 2 N–H and O–H groups in total. The smallest absolute Gasteiger partial charge is 0.321 e. The molecule has 2 aromatic heterocycles. The summed E-state index contributed by atoms with van der Waals surface area (Å²) < 4.78 is 16.2. The van der Waals surface area contributed by atoms with Gasteiger partial charge in [-0.05, 0) is 55.8 Å². The highest BCUT2D eigenvalue weighted by atomic mass is 19.1. The van der Waals surface area contributed by atoms with Crippen molar-refractivity contribution in [1.29, 1.82) is 0 Å². The number of benzene rings is 1. The molecule has 1 unspecified atom stereocenters. The molecule has 3 aromatic rings. The fourth-order valence-electron chi connectivity index (χ4n) is 3.39. The number of carbonyl (C=O) groups is 1. The van der Waals surface area contributed by atoms with E-state index >= 15 is 0 Å². The van der Waals surface area contributed by atoms with E-state index in [0.29, 0.717) is 24.6 Å². The zero-order valence-electron chi connectivity index (χ0n) is 16.4. The number of urea groups is 1. The Balaban J connectivity index is 1.44. The monoisotopic (exact) mass is 399 g/mol. The summed E-state index contributed by atoms with van der Waals surface area (Å²) in [6, 6.07) is 4.20. The molecule has 29 heavy (non-hydrogen) atoms. The van der Waals surface area contributed by atoms with Gasteiger partial charge < -0.3 is 10.2 Å². The average molecular weight is 399 g/mol. The lowest BCUT2D eigenvalue weighted by atomic mass is 10.1. The number of anilines is 1. The maximum Gasteiger partial charge on any atom is 0.321 e. The Morgan fingerprint density at radius 2 is 2.21 bits per heavy atom. The quantitative estimate of drug-likeness (QED) is 0.696. The van der Waals surface area contributed by atoms with Crippen molar-refractivity contribution in [3.8, 4) is 11.4 Å². The van der Waals surface area contributed by atoms with E-state index in [4.69, 9.17) is 0 Å². The van der Waals surface area contributed by atoms with Crippen LogP contribution < -0.4 is 5.32 Å². The van der Waals surface area contributed by atoms with Gasteiger partial charge in [-0.2, -0.15) is 5.10 Å². The molecular weight excluding hydrogens is 377 g/mol. The molecule has 1 aliphatic rings. The van der Waals surface area contributed by atoms with Crippen LogP contribution in [0.1, 0.15) is 43.9 Å². The predicted molar refractivity (Wildman–Crippen MR) is 103 cm³/mol. The highest BCUT2D eigenvalue weighted by Gasteiger charge is 2.30. The lowest BCUT2D eigenvalue weighted by molar-refractivity contribution is 0.222. The Morgan fingerprint density at radius 1 is 1.38 bits per heavy atom. The summed E-state index contributed by atoms with van der Waals surface area (Å²) in [5.74, 6) is 1.41. The van der Waals surface area contributed by atoms with Gasteiger partial charge in [0, 0.05) is 24.7 Å². The molecule has 2 amide bonds. The van der Waals surface area contributed by atoms with Crippen molar-refractivity contribution in [2.75, 3.05) is 18.4 Å². The van der Waals surface area contributed by atoms with Gasteiger partial charge in [-0.15, -0.1) is 5.10 Å². The van der Waals surface area contributed by atoms with Gasteiger partial charge in [0.2, 0.25) is 0 Å². The highest BCUT2D eigenvalue weighted by Crippen LogP contribution is 2.27. The minimum absolute atomic E-state index is 0.00492. The molecule has 1 atom stereocenters. The number of carbonyl (C=O) groups excluding carboxylic acids is 1. The van der Waals surface area contributed by atoms with Gasteiger partial charge in [-0.25, -0.2) is 18.9 Å². The third kappa shape index (κ3) is 3.80. The Labute approximate surface area is 166 Å². The van der Waals surface area contributed by atoms with E-state index in [2.05, 4.69) is 36.0 Å². The maximum atomic E-state index is 14.7. The third-order valence-corrected chi connectivity index (χ3v) is 4.90. The number of hydrogen-bond donors (Lipinski definition) is 2. The number of halogens is 1. The maximum absolute atomic E-state index is 14.7. The Bertz CT molecular complexity index is 1030. The number of amides is 2. The normalized spacial score (nSPS) is 16.6. The van der Waals surface area contributed by atoms with Gasteiger partial charge >= 0.3 is 6.03 Å². The molecule has 0 aliphatic carbocycles. The van der Waals surface area contributed by atoms with Gasteiger partial charge in [0.25, 0.3) is 0 Å². The lowest BCUT2D eigenvalue weighted by Gasteiger charge is -2.17. The van der Waals surface area contributed by atoms with Crippen molar-refractivity contribution in [2.45, 2.75) is 39.2 Å². The molecule has 11 heteroatoms. The van der Waals surface area contributed by atoms with Crippen LogP contribution in [0.2, 0.25) is 0 Å². The summed E-state index contributed by atoms with van der Waals surface area (Å²) in [5, 5.41) is 21.2. The van der Waals surface area contributed by atoms with E-state index in [-0.39, 0.29) is 23.6 Å². The van der Waals surface area contributed by atoms with Gasteiger partial charge in [0.1, 0.15) is 11.6 Å². The van der Waals surface area contributed by atoms with E-state index in [1.165, 1.54) is 6.07 Å². The molecular formula is C18H22FN9O. The van der Waals surface area contributed by atoms with Gasteiger partial charge in [-0.3, -0.25) is 5.10 Å². The summed E-state index contributed by atoms with van der Waals surface area (Å²) >= 11 is 0. The van der Waals surface area contributed by atoms with E-state index in [9.17, 15) is 9.18 Å². The summed E-state index contributed by atoms with van der Waals surface area (Å²) in [6.45, 7) is 6.78. The number of nitrogens with one attached hydrogen (secondary N) is 2. The molecule has 10 nitrogen and oxygen atoms in total. The molecule has 1 saturated heterocycles. The second-order valence-electron chi connectivity index (χ2n) is 7.38. The first-order valence-electron chi connectivity index (χ1n) is 9.45. The number of aromatic nitrogens is 7. The topological polar surface area (TPSA) is 118 Å². The van der Waals surface area contributed by atoms with Crippen LogP contribution in [0.25, 0.3) is 11.4 Å². The standard InChI is InChI=1S/C18H22FN9O/c1-10(2)28-17(24-25-26-28)14-5-4-13(8-15(14)19)21-18(29)27-7-6-12(9-27)16-20-11(3)22-23-16/h4-5,8,10,12H,6-7,9H2,1-3H3,(H,21,29)(H,20,22,23). The van der Waals surface area contributed by atoms with Crippen LogP contribution in [0.15, 0.2) is 18.2 Å². The van der Waals surface area contributed by atoms with Crippen LogP contribution in [0.5, 0.6) is 0 Å². The van der Waals surface area contributed by atoms with Crippen molar-refractivity contribution in [3.63, 3.8) is 0 Å². The number of likely N-dealkylation sites (tertiary alicyclic amines) is 1. The Kier molecular flexibility index (Phi) is 4.95. The van der Waals surface area contributed by atoms with Crippen LogP contribution in [0, 0.1) is 12.7 Å². The second kappa shape index (κ2) is 7.57. The average Bonchev–Trinajstić information content (AvgIpc) is 3.41. The zero-order chi connectivity index (χ0) is 20.5. The van der Waals surface area contributed by atoms with Crippen LogP contribution in [-0.2, 0) is 0 Å². The van der Waals surface area contributed by atoms with Crippen LogP contribution in [0.4, 0.5) is 14.9 Å². The van der Waals surface area contributed by atoms with Gasteiger partial charge in [0.15, 0.2) is 11.6 Å². The van der Waals surface area contributed by atoms with Crippen molar-refractivity contribution in [2.24, 2.45) is 0 Å². The molecule has 1 fully saturated rings. The fraction of sp³-hybridized carbons (Fsp3) is 0.444. The van der Waals surface area contributed by atoms with Crippen molar-refractivity contribution < 1.29 is 9.18 Å². The SMILES string of the molecule is Cc1nc(C2CCN(C(=O)Nc3ccc(-c4nnnn4C(C)C)c(F)c3)C2)n[nH]1. The van der Waals surface area contributed by atoms with E-state index in [1.54, 1.807) is 21.7 Å². The summed E-state index contributed by atoms with van der Waals surface area (Å²) in [4.78, 5) is 18.6. The summed E-state index contributed by atoms with van der Waals surface area (Å²) in [6.07, 6.45) is 0.788. The van der Waals surface area contributed by atoms with E-state index in [0.717, 1.165) is 18.1 Å². The zero-order valence-corrected chi connectivity index (χ0v) is 16.4. The molecule has 0 spiro atoms. The number of aromatic amines is 1. The number of rotatable bonds is 4. The molecule has 3 heterocycles. The first kappa shape index (κ1) is 19.0. The van der Waals surface area contributed by atoms with Gasteiger partial charge in [0.05, 0.1) is 11.6 Å². The summed E-state index contributed by atoms with van der Waals surface area (Å²) in [7, 11) is 0. The largest absolute Gasteiger partial charge is 0.324 e. The van der Waals surface area contributed by atoms with Crippen LogP contribution >= 0.6 is 0 Å². The molecule has 0 radical (unpaired) electrons. The van der Waals surface area contributed by atoms with E-state index < -0.39 is 5.82 Å². The number of aryl methyl sites for hydroxylation is 1. The van der Waals surface area contributed by atoms with Crippen molar-refractivity contribution in [1.82, 2.24) is 40.3 Å². The molecule has 0 saturated carbocycles. The van der Waals surface area contributed by atoms with Gasteiger partial charge in [-0.1, -0.05) is 0 Å². The summed E-state index contributed by atoms with van der Waals surface area (Å²) in [5.41, 5.74) is 0.653. The highest BCUT2D eigenvalue weighted by molar-refractivity contribution is 5.89. The van der Waals surface area contributed by atoms with Crippen LogP contribution in [-0.4, -0.2) is 59.4 Å². The molecule has 1 aromatic carbocycles. The lowest BCUT2D eigenvalue weighted by Crippen LogP contribution is -2.32. The minimum Gasteiger partial charge on any atom is -0.324 e. The fourth-order valence-corrected chi connectivity index (χ4v) is 3.39. The Morgan fingerprint density at radius 3 is 2.90 bits per heavy atom. The van der Waals surface area contributed by atoms with Crippen LogP contribution in [0.3, 0.4) is 0 Å². The van der Waals surface area contributed by atoms with E-state index in [1.807, 2.05) is 20.8 Å². The van der Waals surface area contributed by atoms with Crippen molar-refractivity contribution >= 4 is 11.7 Å². The minimum atomic E-state index is -0.505. The molecule has 0 bridgehead atoms. The first-order valence-corrected chi connectivity index (χ1v) is 9.45. The van der Waals surface area contributed by atoms with Crippen molar-refractivity contribution in [3.05, 3.63) is 35.7 Å². The number of nitrogens with zero attached hydrogens (tertiary/aromatic N) is 7. The second-order valence-corrected chi connectivity index (χ2v) is 7.38. The Hall–Kier alpha value is -3.37.